The minimum Gasteiger partial charge on any atom is -0.478 e. The van der Waals surface area contributed by atoms with Crippen LogP contribution in [0.5, 0.6) is 0 Å². The lowest BCUT2D eigenvalue weighted by Crippen LogP contribution is -2.39. The molecule has 0 saturated carbocycles. The minimum atomic E-state index is -1.06. The van der Waals surface area contributed by atoms with Crippen molar-refractivity contribution in [1.82, 2.24) is 0 Å². The maximum Gasteiger partial charge on any atom is 0.355 e. The summed E-state index contributed by atoms with van der Waals surface area (Å²) in [6, 6.07) is 4.43. The number of aryl methyl sites for hydroxylation is 1. The van der Waals surface area contributed by atoms with Gasteiger partial charge in [0.05, 0.1) is 32.0 Å². The molecule has 0 spiro atoms. The van der Waals surface area contributed by atoms with Gasteiger partial charge in [-0.15, -0.1) is 0 Å². The molecular weight excluding hydrogens is 318 g/mol. The average molecular weight is 335 g/mol. The first-order valence-corrected chi connectivity index (χ1v) is 6.99. The van der Waals surface area contributed by atoms with E-state index in [1.807, 2.05) is 0 Å². The molecule has 1 aliphatic rings. The summed E-state index contributed by atoms with van der Waals surface area (Å²) in [6.45, 7) is 1.63. The SMILES string of the molecule is COC(=O)C1=C(C(=O)OC)N(c2ccc(C(=O)O)cc2C)COC1. The Morgan fingerprint density at radius 1 is 1.17 bits per heavy atom. The van der Waals surface area contributed by atoms with Gasteiger partial charge >= 0.3 is 17.9 Å². The molecule has 8 heteroatoms. The first kappa shape index (κ1) is 17.5. The lowest BCUT2D eigenvalue weighted by molar-refractivity contribution is -0.140. The van der Waals surface area contributed by atoms with Gasteiger partial charge in [0.15, 0.2) is 0 Å². The number of rotatable bonds is 4. The van der Waals surface area contributed by atoms with Gasteiger partial charge in [0, 0.05) is 5.69 Å². The Bertz CT molecular complexity index is 723. The van der Waals surface area contributed by atoms with E-state index < -0.39 is 17.9 Å². The lowest BCUT2D eigenvalue weighted by Gasteiger charge is -2.32. The molecule has 0 aliphatic carbocycles. The fraction of sp³-hybridized carbons (Fsp3) is 0.312. The summed E-state index contributed by atoms with van der Waals surface area (Å²) in [7, 11) is 2.41. The summed E-state index contributed by atoms with van der Waals surface area (Å²) in [5, 5.41) is 9.05. The maximum atomic E-state index is 12.2. The number of carbonyl (C=O) groups is 3. The monoisotopic (exact) mass is 335 g/mol. The van der Waals surface area contributed by atoms with Gasteiger partial charge in [-0.25, -0.2) is 14.4 Å². The molecule has 1 aromatic carbocycles. The van der Waals surface area contributed by atoms with E-state index in [9.17, 15) is 14.4 Å². The molecule has 1 heterocycles. The van der Waals surface area contributed by atoms with Crippen LogP contribution in [0, 0.1) is 6.92 Å². The molecular formula is C16H17NO7. The van der Waals surface area contributed by atoms with Crippen LogP contribution < -0.4 is 4.90 Å². The zero-order chi connectivity index (χ0) is 17.9. The van der Waals surface area contributed by atoms with Crippen molar-refractivity contribution in [3.63, 3.8) is 0 Å². The Labute approximate surface area is 138 Å². The second kappa shape index (κ2) is 7.14. The number of esters is 2. The highest BCUT2D eigenvalue weighted by molar-refractivity contribution is 6.03. The van der Waals surface area contributed by atoms with E-state index in [0.29, 0.717) is 11.3 Å². The minimum absolute atomic E-state index is 0.0121. The van der Waals surface area contributed by atoms with Crippen molar-refractivity contribution in [2.45, 2.75) is 6.92 Å². The molecule has 0 bridgehead atoms. The molecule has 0 fully saturated rings. The predicted molar refractivity (Wildman–Crippen MR) is 82.5 cm³/mol. The summed E-state index contributed by atoms with van der Waals surface area (Å²) < 4.78 is 14.8. The van der Waals surface area contributed by atoms with Crippen LogP contribution in [0.1, 0.15) is 15.9 Å². The van der Waals surface area contributed by atoms with Crippen LogP contribution in [0.15, 0.2) is 29.5 Å². The smallest absolute Gasteiger partial charge is 0.355 e. The summed E-state index contributed by atoms with van der Waals surface area (Å²) in [5.74, 6) is -2.46. The molecule has 0 aromatic heterocycles. The fourth-order valence-corrected chi connectivity index (χ4v) is 2.43. The zero-order valence-corrected chi connectivity index (χ0v) is 13.5. The van der Waals surface area contributed by atoms with Crippen LogP contribution in [0.2, 0.25) is 0 Å². The van der Waals surface area contributed by atoms with Crippen molar-refractivity contribution in [2.75, 3.05) is 32.5 Å². The number of methoxy groups -OCH3 is 2. The molecule has 24 heavy (non-hydrogen) atoms. The number of carboxylic acids is 1. The van der Waals surface area contributed by atoms with Crippen LogP contribution in [-0.4, -0.2) is 50.6 Å². The summed E-state index contributed by atoms with van der Waals surface area (Å²) >= 11 is 0. The Hall–Kier alpha value is -2.87. The van der Waals surface area contributed by atoms with Crippen LogP contribution in [0.3, 0.4) is 0 Å². The van der Waals surface area contributed by atoms with E-state index in [-0.39, 0.29) is 30.2 Å². The van der Waals surface area contributed by atoms with E-state index >= 15 is 0 Å². The molecule has 2 rings (SSSR count). The third-order valence-corrected chi connectivity index (χ3v) is 3.57. The van der Waals surface area contributed by atoms with Gasteiger partial charge in [-0.05, 0) is 30.7 Å². The largest absolute Gasteiger partial charge is 0.478 e. The number of aromatic carboxylic acids is 1. The Morgan fingerprint density at radius 2 is 1.83 bits per heavy atom. The summed E-state index contributed by atoms with van der Waals surface area (Å²) in [5.41, 5.74) is 1.30. The van der Waals surface area contributed by atoms with Gasteiger partial charge in [0.2, 0.25) is 0 Å². The van der Waals surface area contributed by atoms with Gasteiger partial charge in [-0.3, -0.25) is 0 Å². The number of carbonyl (C=O) groups excluding carboxylic acids is 2. The van der Waals surface area contributed by atoms with Crippen molar-refractivity contribution in [1.29, 1.82) is 0 Å². The second-order valence-electron chi connectivity index (χ2n) is 5.02. The highest BCUT2D eigenvalue weighted by Gasteiger charge is 2.33. The van der Waals surface area contributed by atoms with Crippen molar-refractivity contribution >= 4 is 23.6 Å². The Morgan fingerprint density at radius 3 is 2.38 bits per heavy atom. The Kier molecular flexibility index (Phi) is 5.20. The maximum absolute atomic E-state index is 12.2. The molecule has 0 radical (unpaired) electrons. The van der Waals surface area contributed by atoms with E-state index in [2.05, 4.69) is 0 Å². The van der Waals surface area contributed by atoms with Crippen molar-refractivity contribution < 1.29 is 33.7 Å². The highest BCUT2D eigenvalue weighted by Crippen LogP contribution is 2.29. The fourth-order valence-electron chi connectivity index (χ4n) is 2.43. The van der Waals surface area contributed by atoms with Crippen LogP contribution >= 0.6 is 0 Å². The van der Waals surface area contributed by atoms with Gasteiger partial charge in [-0.2, -0.15) is 0 Å². The van der Waals surface area contributed by atoms with Crippen molar-refractivity contribution in [3.05, 3.63) is 40.6 Å². The molecule has 0 saturated heterocycles. The first-order chi connectivity index (χ1) is 11.4. The number of ether oxygens (including phenoxy) is 3. The number of nitrogens with zero attached hydrogens (tertiary/aromatic N) is 1. The van der Waals surface area contributed by atoms with Gasteiger partial charge in [-0.1, -0.05) is 0 Å². The third kappa shape index (κ3) is 3.23. The topological polar surface area (TPSA) is 102 Å². The molecule has 1 N–H and O–H groups in total. The quantitative estimate of drug-likeness (QED) is 0.816. The molecule has 0 atom stereocenters. The molecule has 128 valence electrons. The van der Waals surface area contributed by atoms with Crippen LogP contribution in [-0.2, 0) is 23.8 Å². The van der Waals surface area contributed by atoms with Crippen LogP contribution in [0.4, 0.5) is 5.69 Å². The molecule has 0 unspecified atom stereocenters. The standard InChI is InChI=1S/C16H17NO7/c1-9-6-10(14(18)19)4-5-12(9)17-8-24-7-11(15(20)22-2)13(17)16(21)23-3/h4-6H,7-8H2,1-3H3,(H,18,19). The lowest BCUT2D eigenvalue weighted by atomic mass is 10.1. The van der Waals surface area contributed by atoms with Gasteiger partial charge in [0.25, 0.3) is 0 Å². The van der Waals surface area contributed by atoms with E-state index in [0.717, 1.165) is 0 Å². The summed E-state index contributed by atoms with van der Waals surface area (Å²) in [6.07, 6.45) is 0. The predicted octanol–water partition coefficient (Wildman–Crippen LogP) is 1.09. The first-order valence-electron chi connectivity index (χ1n) is 6.99. The highest BCUT2D eigenvalue weighted by atomic mass is 16.5. The average Bonchev–Trinajstić information content (AvgIpc) is 2.59. The van der Waals surface area contributed by atoms with Gasteiger partial charge in [0.1, 0.15) is 12.4 Å². The third-order valence-electron chi connectivity index (χ3n) is 3.57. The van der Waals surface area contributed by atoms with E-state index in [4.69, 9.17) is 19.3 Å². The normalized spacial score (nSPS) is 14.4. The number of anilines is 1. The van der Waals surface area contributed by atoms with Gasteiger partial charge < -0.3 is 24.2 Å². The van der Waals surface area contributed by atoms with Crippen molar-refractivity contribution in [2.24, 2.45) is 0 Å². The molecule has 8 nitrogen and oxygen atoms in total. The second-order valence-corrected chi connectivity index (χ2v) is 5.02. The molecule has 1 aromatic rings. The number of hydrogen-bond donors (Lipinski definition) is 1. The molecule has 1 aliphatic heterocycles. The summed E-state index contributed by atoms with van der Waals surface area (Å²) in [4.78, 5) is 36.6. The van der Waals surface area contributed by atoms with E-state index in [1.54, 1.807) is 13.0 Å². The van der Waals surface area contributed by atoms with Crippen LogP contribution in [0.25, 0.3) is 0 Å². The van der Waals surface area contributed by atoms with E-state index in [1.165, 1.54) is 31.3 Å². The zero-order valence-electron chi connectivity index (χ0n) is 13.5. The Balaban J connectivity index is 2.57. The number of hydrogen-bond acceptors (Lipinski definition) is 7. The molecule has 0 amide bonds. The number of carboxylic acid groups (broad SMARTS) is 1. The van der Waals surface area contributed by atoms with Crippen molar-refractivity contribution in [3.8, 4) is 0 Å². The number of benzene rings is 1.